The van der Waals surface area contributed by atoms with Crippen molar-refractivity contribution in [1.82, 2.24) is 15.0 Å². The minimum absolute atomic E-state index is 0.191. The van der Waals surface area contributed by atoms with Gasteiger partial charge in [-0.3, -0.25) is 0 Å². The fourth-order valence-corrected chi connectivity index (χ4v) is 10.3. The highest BCUT2D eigenvalue weighted by Crippen LogP contribution is 2.47. The number of aromatic nitrogens is 3. The van der Waals surface area contributed by atoms with Crippen molar-refractivity contribution in [2.75, 3.05) is 0 Å². The van der Waals surface area contributed by atoms with Crippen LogP contribution in [0.4, 0.5) is 0 Å². The Morgan fingerprint density at radius 2 is 0.768 bits per heavy atom. The molecule has 1 heterocycles. The van der Waals surface area contributed by atoms with Crippen molar-refractivity contribution in [3.8, 4) is 57.4 Å². The quantitative estimate of drug-likeness (QED) is 0.148. The topological polar surface area (TPSA) is 86.2 Å². The van der Waals surface area contributed by atoms with Gasteiger partial charge in [-0.05, 0) is 113 Å². The van der Waals surface area contributed by atoms with E-state index in [0.29, 0.717) is 28.6 Å². The molecule has 3 unspecified atom stereocenters. The summed E-state index contributed by atoms with van der Waals surface area (Å²) in [5.74, 6) is 4.81. The van der Waals surface area contributed by atoms with Gasteiger partial charge in [0.25, 0.3) is 0 Å². The summed E-state index contributed by atoms with van der Waals surface area (Å²) in [5.41, 5.74) is 8.76. The molecule has 0 aliphatic heterocycles. The second kappa shape index (κ2) is 16.5. The van der Waals surface area contributed by atoms with Crippen LogP contribution in [-0.4, -0.2) is 15.0 Å². The van der Waals surface area contributed by atoms with E-state index in [1.54, 1.807) is 6.07 Å². The standard InChI is InChI=1S/C51H57N5/c1-7-50(28-34(3)9-10-35(4)29-50)45-21-17-42(18-22-45)48-54-47(41-15-13-40(14-16-41)44-26-38(32-52)25-39(27-44)33-53)55-49(56-48)43-19-23-46(24-20-43)51(8-2)30-36(5)11-12-37(6)31-51/h13-27,34-37H,7-12,28-31H2,1-6H3/t34-,35+,36-,37?,50?,51?/m0/s1. The Kier molecular flexibility index (Phi) is 11.6. The minimum atomic E-state index is 0.191. The van der Waals surface area contributed by atoms with Gasteiger partial charge >= 0.3 is 0 Å². The molecule has 2 fully saturated rings. The summed E-state index contributed by atoms with van der Waals surface area (Å²) >= 11 is 0. The van der Waals surface area contributed by atoms with E-state index in [2.05, 4.69) is 102 Å². The molecule has 0 bridgehead atoms. The molecule has 4 aromatic carbocycles. The van der Waals surface area contributed by atoms with Crippen LogP contribution in [0.5, 0.6) is 0 Å². The highest BCUT2D eigenvalue weighted by molar-refractivity contribution is 5.72. The van der Waals surface area contributed by atoms with Crippen molar-refractivity contribution in [3.05, 3.63) is 113 Å². The molecule has 5 heteroatoms. The summed E-state index contributed by atoms with van der Waals surface area (Å²) in [6.07, 6.45) is 12.4. The molecule has 0 amide bonds. The van der Waals surface area contributed by atoms with Crippen LogP contribution in [0.25, 0.3) is 45.3 Å². The van der Waals surface area contributed by atoms with Crippen LogP contribution < -0.4 is 0 Å². The van der Waals surface area contributed by atoms with E-state index in [1.165, 1.54) is 62.5 Å². The molecule has 5 aromatic rings. The average molecular weight is 740 g/mol. The fourth-order valence-electron chi connectivity index (χ4n) is 10.3. The second-order valence-electron chi connectivity index (χ2n) is 17.7. The first-order valence-electron chi connectivity index (χ1n) is 21.1. The van der Waals surface area contributed by atoms with Crippen LogP contribution in [0.1, 0.15) is 128 Å². The van der Waals surface area contributed by atoms with Gasteiger partial charge in [0, 0.05) is 16.7 Å². The van der Waals surface area contributed by atoms with Crippen LogP contribution in [0.3, 0.4) is 0 Å². The monoisotopic (exact) mass is 739 g/mol. The maximum absolute atomic E-state index is 9.56. The van der Waals surface area contributed by atoms with Crippen molar-refractivity contribution < 1.29 is 0 Å². The largest absolute Gasteiger partial charge is 0.208 e. The molecule has 1 aromatic heterocycles. The summed E-state index contributed by atoms with van der Waals surface area (Å²) < 4.78 is 0. The third-order valence-electron chi connectivity index (χ3n) is 13.4. The second-order valence-corrected chi connectivity index (χ2v) is 17.7. The molecule has 2 aliphatic rings. The smallest absolute Gasteiger partial charge is 0.164 e. The van der Waals surface area contributed by atoms with Crippen LogP contribution >= 0.6 is 0 Å². The first kappa shape index (κ1) is 39.1. The van der Waals surface area contributed by atoms with Crippen molar-refractivity contribution in [2.45, 2.75) is 117 Å². The van der Waals surface area contributed by atoms with Gasteiger partial charge in [-0.2, -0.15) is 10.5 Å². The summed E-state index contributed by atoms with van der Waals surface area (Å²) in [4.78, 5) is 15.4. The van der Waals surface area contributed by atoms with Gasteiger partial charge in [-0.15, -0.1) is 0 Å². The van der Waals surface area contributed by atoms with Crippen LogP contribution in [0.15, 0.2) is 91.0 Å². The summed E-state index contributed by atoms with van der Waals surface area (Å²) in [6, 6.07) is 35.9. The van der Waals surface area contributed by atoms with Crippen molar-refractivity contribution in [1.29, 1.82) is 10.5 Å². The third kappa shape index (κ3) is 8.20. The van der Waals surface area contributed by atoms with Crippen molar-refractivity contribution >= 4 is 0 Å². The lowest BCUT2D eigenvalue weighted by Crippen LogP contribution is -2.28. The van der Waals surface area contributed by atoms with Gasteiger partial charge in [0.2, 0.25) is 0 Å². The highest BCUT2D eigenvalue weighted by Gasteiger charge is 2.37. The zero-order valence-corrected chi connectivity index (χ0v) is 34.3. The lowest BCUT2D eigenvalue weighted by Gasteiger charge is -2.35. The molecule has 0 spiro atoms. The normalized spacial score (nSPS) is 25.4. The van der Waals surface area contributed by atoms with Gasteiger partial charge < -0.3 is 0 Å². The van der Waals surface area contributed by atoms with Crippen molar-refractivity contribution in [2.24, 2.45) is 23.7 Å². The molecule has 7 rings (SSSR count). The van der Waals surface area contributed by atoms with Crippen LogP contribution in [0, 0.1) is 46.3 Å². The number of benzene rings is 4. The molecule has 0 N–H and O–H groups in total. The SMILES string of the molecule is CCC1(c2ccc(-c3nc(-c4ccc(-c5cc(C#N)cc(C#N)c5)cc4)nc(-c4ccc(C5(CC)C[C@H](C)CC[C@H](C)C5)cc4)n3)cc2)CC(C)CC[C@H](C)C1. The predicted octanol–water partition coefficient (Wildman–Crippen LogP) is 13.3. The summed E-state index contributed by atoms with van der Waals surface area (Å²) in [5, 5.41) is 19.1. The first-order valence-corrected chi connectivity index (χ1v) is 21.1. The number of nitriles is 2. The first-order chi connectivity index (χ1) is 27.1. The van der Waals surface area contributed by atoms with E-state index in [4.69, 9.17) is 15.0 Å². The minimum Gasteiger partial charge on any atom is -0.208 e. The highest BCUT2D eigenvalue weighted by atomic mass is 15.0. The number of rotatable bonds is 8. The van der Waals surface area contributed by atoms with E-state index in [-0.39, 0.29) is 10.8 Å². The number of hydrogen-bond acceptors (Lipinski definition) is 5. The molecule has 2 aliphatic carbocycles. The Hall–Kier alpha value is -5.13. The van der Waals surface area contributed by atoms with Crippen LogP contribution in [-0.2, 0) is 10.8 Å². The fraction of sp³-hybridized carbons (Fsp3) is 0.431. The third-order valence-corrected chi connectivity index (χ3v) is 13.4. The number of nitrogens with zero attached hydrogens (tertiary/aromatic N) is 5. The Bertz CT molecular complexity index is 2070. The Labute approximate surface area is 335 Å². The van der Waals surface area contributed by atoms with Gasteiger partial charge in [0.15, 0.2) is 17.5 Å². The van der Waals surface area contributed by atoms with E-state index in [1.807, 2.05) is 36.4 Å². The lowest BCUT2D eigenvalue weighted by molar-refractivity contribution is 0.295. The predicted molar refractivity (Wildman–Crippen MR) is 229 cm³/mol. The molecule has 286 valence electrons. The van der Waals surface area contributed by atoms with E-state index >= 15 is 0 Å². The molecule has 6 atom stereocenters. The summed E-state index contributed by atoms with van der Waals surface area (Å²) in [7, 11) is 0. The van der Waals surface area contributed by atoms with Gasteiger partial charge in [-0.1, -0.05) is 140 Å². The molecular formula is C51H57N5. The Balaban J connectivity index is 1.28. The van der Waals surface area contributed by atoms with Gasteiger partial charge in [0.05, 0.1) is 23.3 Å². The molecule has 0 saturated heterocycles. The number of hydrogen-bond donors (Lipinski definition) is 0. The van der Waals surface area contributed by atoms with Gasteiger partial charge in [-0.25, -0.2) is 15.0 Å². The molecule has 2 saturated carbocycles. The van der Waals surface area contributed by atoms with Gasteiger partial charge in [0.1, 0.15) is 0 Å². The zero-order chi connectivity index (χ0) is 39.5. The average Bonchev–Trinajstić information content (AvgIpc) is 3.50. The molecule has 5 nitrogen and oxygen atoms in total. The summed E-state index contributed by atoms with van der Waals surface area (Å²) in [6.45, 7) is 14.4. The van der Waals surface area contributed by atoms with E-state index in [0.717, 1.165) is 64.3 Å². The van der Waals surface area contributed by atoms with E-state index in [9.17, 15) is 10.5 Å². The Morgan fingerprint density at radius 3 is 1.07 bits per heavy atom. The molecule has 56 heavy (non-hydrogen) atoms. The molecule has 0 radical (unpaired) electrons. The van der Waals surface area contributed by atoms with Crippen LogP contribution in [0.2, 0.25) is 0 Å². The maximum Gasteiger partial charge on any atom is 0.164 e. The Morgan fingerprint density at radius 1 is 0.464 bits per heavy atom. The zero-order valence-electron chi connectivity index (χ0n) is 34.3. The lowest BCUT2D eigenvalue weighted by atomic mass is 9.69. The maximum atomic E-state index is 9.56. The van der Waals surface area contributed by atoms with Crippen molar-refractivity contribution in [3.63, 3.8) is 0 Å². The van der Waals surface area contributed by atoms with E-state index < -0.39 is 0 Å². The molecular weight excluding hydrogens is 683 g/mol.